The Labute approximate surface area is 89.6 Å². The van der Waals surface area contributed by atoms with Gasteiger partial charge in [0.15, 0.2) is 11.5 Å². The topological polar surface area (TPSA) is 49.7 Å². The molecule has 0 aliphatic heterocycles. The van der Waals surface area contributed by atoms with Crippen molar-refractivity contribution in [3.8, 4) is 17.2 Å². The van der Waals surface area contributed by atoms with Crippen LogP contribution in [-0.4, -0.2) is 17.3 Å². The fourth-order valence-corrected chi connectivity index (χ4v) is 1.27. The Morgan fingerprint density at radius 1 is 1.33 bits per heavy atom. The van der Waals surface area contributed by atoms with Crippen molar-refractivity contribution in [2.75, 3.05) is 7.11 Å². The van der Waals surface area contributed by atoms with Gasteiger partial charge in [-0.15, -0.1) is 0 Å². The summed E-state index contributed by atoms with van der Waals surface area (Å²) in [6.45, 7) is 2.08. The third-order valence-electron chi connectivity index (χ3n) is 2.06. The molecule has 0 radical (unpaired) electrons. The highest BCUT2D eigenvalue weighted by molar-refractivity contribution is 5.64. The number of hydrogen-bond acceptors (Lipinski definition) is 3. The number of hydrogen-bond donors (Lipinski definition) is 2. The fourth-order valence-electron chi connectivity index (χ4n) is 1.27. The van der Waals surface area contributed by atoms with Crippen LogP contribution >= 0.6 is 0 Å². The molecule has 0 saturated heterocycles. The summed E-state index contributed by atoms with van der Waals surface area (Å²) in [5.74, 6) is 0.426. The van der Waals surface area contributed by atoms with Crippen LogP contribution in [0.2, 0.25) is 0 Å². The van der Waals surface area contributed by atoms with Crippen molar-refractivity contribution in [2.45, 2.75) is 19.8 Å². The van der Waals surface area contributed by atoms with Crippen LogP contribution in [0.4, 0.5) is 0 Å². The van der Waals surface area contributed by atoms with Crippen molar-refractivity contribution in [1.82, 2.24) is 0 Å². The van der Waals surface area contributed by atoms with Crippen molar-refractivity contribution in [3.05, 3.63) is 23.8 Å². The molecule has 2 N–H and O–H groups in total. The Balaban J connectivity index is 3.01. The smallest absolute Gasteiger partial charge is 0.165 e. The molecule has 0 atom stereocenters. The van der Waals surface area contributed by atoms with Crippen LogP contribution in [0.3, 0.4) is 0 Å². The maximum atomic E-state index is 9.73. The lowest BCUT2D eigenvalue weighted by molar-refractivity contribution is 0.368. The molecule has 0 aromatic heterocycles. The van der Waals surface area contributed by atoms with E-state index in [0.29, 0.717) is 5.56 Å². The lowest BCUT2D eigenvalue weighted by Gasteiger charge is -2.06. The van der Waals surface area contributed by atoms with E-state index in [-0.39, 0.29) is 17.2 Å². The van der Waals surface area contributed by atoms with Crippen LogP contribution in [0.25, 0.3) is 6.08 Å². The number of allylic oxidation sites excluding steroid dienone is 1. The van der Waals surface area contributed by atoms with Crippen LogP contribution in [0.15, 0.2) is 18.2 Å². The van der Waals surface area contributed by atoms with Crippen molar-refractivity contribution < 1.29 is 14.9 Å². The van der Waals surface area contributed by atoms with E-state index >= 15 is 0 Å². The van der Waals surface area contributed by atoms with Gasteiger partial charge in [0.05, 0.1) is 7.11 Å². The summed E-state index contributed by atoms with van der Waals surface area (Å²) >= 11 is 0. The van der Waals surface area contributed by atoms with Gasteiger partial charge in [-0.05, 0) is 12.5 Å². The zero-order chi connectivity index (χ0) is 11.3. The van der Waals surface area contributed by atoms with E-state index in [1.54, 1.807) is 6.08 Å². The zero-order valence-corrected chi connectivity index (χ0v) is 9.03. The number of benzene rings is 1. The molecule has 0 unspecified atom stereocenters. The molecular weight excluding hydrogens is 192 g/mol. The van der Waals surface area contributed by atoms with Crippen molar-refractivity contribution in [1.29, 1.82) is 0 Å². The van der Waals surface area contributed by atoms with E-state index in [0.717, 1.165) is 12.8 Å². The third-order valence-corrected chi connectivity index (χ3v) is 2.06. The Morgan fingerprint density at radius 2 is 2.07 bits per heavy atom. The van der Waals surface area contributed by atoms with E-state index in [1.807, 2.05) is 6.08 Å². The minimum absolute atomic E-state index is 0.0580. The first-order valence-corrected chi connectivity index (χ1v) is 4.95. The van der Waals surface area contributed by atoms with Gasteiger partial charge < -0.3 is 14.9 Å². The van der Waals surface area contributed by atoms with Crippen LogP contribution in [-0.2, 0) is 0 Å². The minimum Gasteiger partial charge on any atom is -0.508 e. The summed E-state index contributed by atoms with van der Waals surface area (Å²) in [4.78, 5) is 0. The average Bonchev–Trinajstić information content (AvgIpc) is 2.23. The Morgan fingerprint density at radius 3 is 2.67 bits per heavy atom. The van der Waals surface area contributed by atoms with Crippen LogP contribution in [0, 0.1) is 0 Å². The summed E-state index contributed by atoms with van der Waals surface area (Å²) in [6, 6.07) is 2.89. The molecule has 0 saturated carbocycles. The monoisotopic (exact) mass is 208 g/mol. The predicted octanol–water partition coefficient (Wildman–Crippen LogP) is 2.92. The van der Waals surface area contributed by atoms with E-state index in [4.69, 9.17) is 4.74 Å². The molecule has 15 heavy (non-hydrogen) atoms. The highest BCUT2D eigenvalue weighted by atomic mass is 16.5. The van der Waals surface area contributed by atoms with E-state index in [2.05, 4.69) is 6.92 Å². The van der Waals surface area contributed by atoms with Crippen LogP contribution < -0.4 is 4.74 Å². The van der Waals surface area contributed by atoms with Gasteiger partial charge in [0, 0.05) is 11.6 Å². The number of phenolic OH excluding ortho intramolecular Hbond substituents is 2. The maximum Gasteiger partial charge on any atom is 0.165 e. The second kappa shape index (κ2) is 5.29. The lowest BCUT2D eigenvalue weighted by atomic mass is 10.1. The maximum absolute atomic E-state index is 9.73. The van der Waals surface area contributed by atoms with E-state index in [9.17, 15) is 10.2 Å². The number of phenols is 2. The standard InChI is InChI=1S/C12H16O3/c1-3-4-5-6-9-7-10(13)8-11(15-2)12(9)14/h5-8,13-14H,3-4H2,1-2H3. The first-order chi connectivity index (χ1) is 7.19. The molecule has 1 aromatic carbocycles. The predicted molar refractivity (Wildman–Crippen MR) is 60.3 cm³/mol. The first kappa shape index (κ1) is 11.4. The number of aromatic hydroxyl groups is 2. The van der Waals surface area contributed by atoms with Gasteiger partial charge in [-0.3, -0.25) is 0 Å². The van der Waals surface area contributed by atoms with Crippen molar-refractivity contribution in [2.24, 2.45) is 0 Å². The van der Waals surface area contributed by atoms with Gasteiger partial charge in [-0.2, -0.15) is 0 Å². The van der Waals surface area contributed by atoms with Crippen molar-refractivity contribution >= 4 is 6.08 Å². The summed E-state index contributed by atoms with van der Waals surface area (Å²) in [6.07, 6.45) is 5.72. The molecule has 0 fully saturated rings. The molecule has 1 rings (SSSR count). The van der Waals surface area contributed by atoms with Crippen LogP contribution in [0.5, 0.6) is 17.2 Å². The molecule has 0 spiro atoms. The second-order valence-electron chi connectivity index (χ2n) is 3.28. The molecular formula is C12H16O3. The molecule has 0 aliphatic carbocycles. The molecule has 3 heteroatoms. The Bertz CT molecular complexity index is 356. The number of rotatable bonds is 4. The van der Waals surface area contributed by atoms with Gasteiger partial charge in [0.1, 0.15) is 5.75 Å². The van der Waals surface area contributed by atoms with Gasteiger partial charge in [-0.1, -0.05) is 25.5 Å². The highest BCUT2D eigenvalue weighted by Crippen LogP contribution is 2.34. The van der Waals surface area contributed by atoms with Gasteiger partial charge in [0.25, 0.3) is 0 Å². The number of unbranched alkanes of at least 4 members (excludes halogenated alkanes) is 1. The fraction of sp³-hybridized carbons (Fsp3) is 0.333. The first-order valence-electron chi connectivity index (χ1n) is 4.95. The van der Waals surface area contributed by atoms with Crippen LogP contribution in [0.1, 0.15) is 25.3 Å². The van der Waals surface area contributed by atoms with Gasteiger partial charge in [0.2, 0.25) is 0 Å². The molecule has 0 aliphatic rings. The molecule has 82 valence electrons. The quantitative estimate of drug-likeness (QED) is 0.748. The molecule has 0 bridgehead atoms. The Kier molecular flexibility index (Phi) is 4.03. The summed E-state index contributed by atoms with van der Waals surface area (Å²) in [7, 11) is 1.45. The Hall–Kier alpha value is -1.64. The van der Waals surface area contributed by atoms with Gasteiger partial charge in [-0.25, -0.2) is 0 Å². The largest absolute Gasteiger partial charge is 0.508 e. The molecule has 0 heterocycles. The summed E-state index contributed by atoms with van der Waals surface area (Å²) < 4.78 is 4.93. The second-order valence-corrected chi connectivity index (χ2v) is 3.28. The molecule has 0 amide bonds. The minimum atomic E-state index is 0.0580. The summed E-state index contributed by atoms with van der Waals surface area (Å²) in [5, 5.41) is 19.1. The molecule has 1 aromatic rings. The lowest BCUT2D eigenvalue weighted by Crippen LogP contribution is -1.85. The van der Waals surface area contributed by atoms with E-state index < -0.39 is 0 Å². The normalized spacial score (nSPS) is 10.8. The van der Waals surface area contributed by atoms with Gasteiger partial charge >= 0.3 is 0 Å². The third kappa shape index (κ3) is 2.91. The average molecular weight is 208 g/mol. The van der Waals surface area contributed by atoms with Crippen molar-refractivity contribution in [3.63, 3.8) is 0 Å². The number of ether oxygens (including phenoxy) is 1. The zero-order valence-electron chi connectivity index (χ0n) is 9.03. The molecule has 3 nitrogen and oxygen atoms in total. The number of methoxy groups -OCH3 is 1. The highest BCUT2D eigenvalue weighted by Gasteiger charge is 2.07. The summed E-state index contributed by atoms with van der Waals surface area (Å²) in [5.41, 5.74) is 0.570. The van der Waals surface area contributed by atoms with E-state index in [1.165, 1.54) is 19.2 Å². The SMILES string of the molecule is CCCC=Cc1cc(O)cc(OC)c1O.